The van der Waals surface area contributed by atoms with E-state index >= 15 is 0 Å². The van der Waals surface area contributed by atoms with Crippen LogP contribution in [0.25, 0.3) is 0 Å². The predicted octanol–water partition coefficient (Wildman–Crippen LogP) is 0.672. The second kappa shape index (κ2) is 3.14. The van der Waals surface area contributed by atoms with Gasteiger partial charge in [0, 0.05) is 19.6 Å². The van der Waals surface area contributed by atoms with Crippen LogP contribution < -0.4 is 0 Å². The summed E-state index contributed by atoms with van der Waals surface area (Å²) in [6, 6.07) is 0. The van der Waals surface area contributed by atoms with Gasteiger partial charge in [0.05, 0.1) is 13.2 Å². The smallest absolute Gasteiger partial charge is 0.143 e. The van der Waals surface area contributed by atoms with Gasteiger partial charge in [0.2, 0.25) is 0 Å². The lowest BCUT2D eigenvalue weighted by atomic mass is 10.2. The lowest BCUT2D eigenvalue weighted by molar-refractivity contribution is 0.00617. The third kappa shape index (κ3) is 2.10. The van der Waals surface area contributed by atoms with Gasteiger partial charge in [-0.2, -0.15) is 0 Å². The summed E-state index contributed by atoms with van der Waals surface area (Å²) in [5, 5.41) is 0. The molecule has 2 saturated heterocycles. The number of morpholine rings is 1. The summed E-state index contributed by atoms with van der Waals surface area (Å²) in [4.78, 5) is 2.30. The number of hydrogen-bond donors (Lipinski definition) is 0. The molecule has 2 fully saturated rings. The Labute approximate surface area is 77.6 Å². The van der Waals surface area contributed by atoms with Crippen LogP contribution >= 0.6 is 11.6 Å². The molecule has 3 nitrogen and oxygen atoms in total. The van der Waals surface area contributed by atoms with Crippen molar-refractivity contribution in [1.29, 1.82) is 0 Å². The summed E-state index contributed by atoms with van der Waals surface area (Å²) in [5.74, 6) is 0. The highest BCUT2D eigenvalue weighted by Crippen LogP contribution is 2.27. The molecule has 4 heteroatoms. The van der Waals surface area contributed by atoms with E-state index in [1.54, 1.807) is 0 Å². The Morgan fingerprint density at radius 1 is 1.67 bits per heavy atom. The molecule has 0 aliphatic carbocycles. The highest BCUT2D eigenvalue weighted by atomic mass is 35.5. The van der Waals surface area contributed by atoms with Gasteiger partial charge < -0.3 is 9.47 Å². The topological polar surface area (TPSA) is 25.0 Å². The first-order valence-corrected chi connectivity index (χ1v) is 4.74. The second-order valence-electron chi connectivity index (χ2n) is 3.75. The molecular formula is C8H14ClNO2. The number of ether oxygens (including phenoxy) is 2. The summed E-state index contributed by atoms with van der Waals surface area (Å²) in [6.45, 7) is 6.54. The molecular weight excluding hydrogens is 178 g/mol. The Hall–Kier alpha value is 0.170. The van der Waals surface area contributed by atoms with Crippen LogP contribution in [0, 0.1) is 0 Å². The maximum atomic E-state index is 5.86. The summed E-state index contributed by atoms with van der Waals surface area (Å²) < 4.78 is 10.5. The minimum atomic E-state index is -0.138. The lowest BCUT2D eigenvalue weighted by Crippen LogP contribution is -2.44. The van der Waals surface area contributed by atoms with Crippen molar-refractivity contribution < 1.29 is 9.47 Å². The van der Waals surface area contributed by atoms with Gasteiger partial charge in [0.25, 0.3) is 0 Å². The molecule has 2 unspecified atom stereocenters. The number of halogens is 1. The standard InChI is InChI=1S/C8H14ClNO2/c1-8(6-12-8)5-10-2-3-11-7(9)4-10/h7H,2-6H2,1H3. The third-order valence-corrected chi connectivity index (χ3v) is 2.57. The first-order valence-electron chi connectivity index (χ1n) is 4.30. The molecule has 70 valence electrons. The highest BCUT2D eigenvalue weighted by Gasteiger charge is 2.41. The van der Waals surface area contributed by atoms with Crippen LogP contribution in [0.5, 0.6) is 0 Å². The maximum absolute atomic E-state index is 5.86. The molecule has 0 aromatic heterocycles. The van der Waals surface area contributed by atoms with Crippen LogP contribution in [0.3, 0.4) is 0 Å². The Morgan fingerprint density at radius 2 is 2.42 bits per heavy atom. The van der Waals surface area contributed by atoms with Gasteiger partial charge in [0.15, 0.2) is 0 Å². The van der Waals surface area contributed by atoms with Gasteiger partial charge in [-0.3, -0.25) is 4.90 Å². The normalized spacial score (nSPS) is 43.0. The van der Waals surface area contributed by atoms with Crippen molar-refractivity contribution >= 4 is 11.6 Å². The van der Waals surface area contributed by atoms with E-state index in [1.807, 2.05) is 0 Å². The van der Waals surface area contributed by atoms with Gasteiger partial charge in [-0.05, 0) is 6.92 Å². The molecule has 2 aliphatic heterocycles. The fourth-order valence-corrected chi connectivity index (χ4v) is 1.77. The number of nitrogens with zero attached hydrogens (tertiary/aromatic N) is 1. The molecule has 0 aromatic rings. The lowest BCUT2D eigenvalue weighted by Gasteiger charge is -2.30. The van der Waals surface area contributed by atoms with E-state index in [0.717, 1.165) is 32.8 Å². The van der Waals surface area contributed by atoms with Crippen molar-refractivity contribution in [1.82, 2.24) is 4.90 Å². The van der Waals surface area contributed by atoms with Gasteiger partial charge >= 0.3 is 0 Å². The number of hydrogen-bond acceptors (Lipinski definition) is 3. The molecule has 0 spiro atoms. The minimum Gasteiger partial charge on any atom is -0.369 e. The second-order valence-corrected chi connectivity index (χ2v) is 4.24. The van der Waals surface area contributed by atoms with E-state index in [0.29, 0.717) is 0 Å². The van der Waals surface area contributed by atoms with E-state index in [-0.39, 0.29) is 11.2 Å². The van der Waals surface area contributed by atoms with E-state index < -0.39 is 0 Å². The van der Waals surface area contributed by atoms with Crippen molar-refractivity contribution in [3.63, 3.8) is 0 Å². The molecule has 0 aromatic carbocycles. The van der Waals surface area contributed by atoms with Crippen LogP contribution in [0.1, 0.15) is 6.92 Å². The van der Waals surface area contributed by atoms with E-state index in [1.165, 1.54) is 0 Å². The van der Waals surface area contributed by atoms with Crippen LogP contribution in [0.15, 0.2) is 0 Å². The minimum absolute atomic E-state index is 0.105. The van der Waals surface area contributed by atoms with Gasteiger partial charge in [0.1, 0.15) is 11.2 Å². The fourth-order valence-electron chi connectivity index (χ4n) is 1.49. The summed E-state index contributed by atoms with van der Waals surface area (Å²) in [6.07, 6.45) is 0. The molecule has 12 heavy (non-hydrogen) atoms. The predicted molar refractivity (Wildman–Crippen MR) is 46.4 cm³/mol. The maximum Gasteiger partial charge on any atom is 0.143 e. The van der Waals surface area contributed by atoms with Gasteiger partial charge in [-0.25, -0.2) is 0 Å². The van der Waals surface area contributed by atoms with Crippen LogP contribution in [-0.2, 0) is 9.47 Å². The first kappa shape index (κ1) is 8.75. The Kier molecular flexibility index (Phi) is 2.29. The first-order chi connectivity index (χ1) is 5.68. The highest BCUT2D eigenvalue weighted by molar-refractivity contribution is 6.19. The Morgan fingerprint density at radius 3 is 3.00 bits per heavy atom. The summed E-state index contributed by atoms with van der Waals surface area (Å²) in [5.41, 5.74) is -0.0328. The molecule has 0 N–H and O–H groups in total. The summed E-state index contributed by atoms with van der Waals surface area (Å²) in [7, 11) is 0. The van der Waals surface area contributed by atoms with Crippen molar-refractivity contribution in [2.45, 2.75) is 18.1 Å². The molecule has 2 atom stereocenters. The van der Waals surface area contributed by atoms with Crippen molar-refractivity contribution in [2.75, 3.05) is 32.8 Å². The van der Waals surface area contributed by atoms with Gasteiger partial charge in [-0.1, -0.05) is 11.6 Å². The zero-order valence-electron chi connectivity index (χ0n) is 7.25. The van der Waals surface area contributed by atoms with Crippen LogP contribution in [0.2, 0.25) is 0 Å². The van der Waals surface area contributed by atoms with Crippen LogP contribution in [-0.4, -0.2) is 48.9 Å². The molecule has 2 rings (SSSR count). The quantitative estimate of drug-likeness (QED) is 0.474. The molecule has 2 heterocycles. The van der Waals surface area contributed by atoms with Crippen molar-refractivity contribution in [3.05, 3.63) is 0 Å². The average Bonchev–Trinajstić information content (AvgIpc) is 2.67. The number of rotatable bonds is 2. The third-order valence-electron chi connectivity index (χ3n) is 2.30. The summed E-state index contributed by atoms with van der Waals surface area (Å²) >= 11 is 5.86. The zero-order chi connectivity index (χ0) is 8.60. The van der Waals surface area contributed by atoms with Crippen molar-refractivity contribution in [2.24, 2.45) is 0 Å². The van der Waals surface area contributed by atoms with Gasteiger partial charge in [-0.15, -0.1) is 0 Å². The monoisotopic (exact) mass is 191 g/mol. The largest absolute Gasteiger partial charge is 0.369 e. The molecule has 0 saturated carbocycles. The molecule has 0 radical (unpaired) electrons. The van der Waals surface area contributed by atoms with E-state index in [4.69, 9.17) is 21.1 Å². The number of epoxide rings is 1. The Balaban J connectivity index is 1.79. The number of alkyl halides is 1. The van der Waals surface area contributed by atoms with E-state index in [2.05, 4.69) is 11.8 Å². The molecule has 2 aliphatic rings. The van der Waals surface area contributed by atoms with E-state index in [9.17, 15) is 0 Å². The van der Waals surface area contributed by atoms with Crippen molar-refractivity contribution in [3.8, 4) is 0 Å². The Bertz CT molecular complexity index is 172. The molecule has 0 bridgehead atoms. The fraction of sp³-hybridized carbons (Fsp3) is 1.00. The van der Waals surface area contributed by atoms with Crippen LogP contribution in [0.4, 0.5) is 0 Å². The molecule has 0 amide bonds. The zero-order valence-corrected chi connectivity index (χ0v) is 8.01. The SMILES string of the molecule is CC1(CN2CCOC(Cl)C2)CO1. The average molecular weight is 192 g/mol.